The van der Waals surface area contributed by atoms with Crippen LogP contribution in [-0.4, -0.2) is 39.8 Å². The molecule has 1 aliphatic heterocycles. The number of amidine groups is 1. The van der Waals surface area contributed by atoms with Gasteiger partial charge in [-0.3, -0.25) is 14.5 Å². The maximum atomic E-state index is 11.8. The maximum Gasteiger partial charge on any atom is 0.263 e. The first-order chi connectivity index (χ1) is 9.04. The molecule has 1 aromatic rings. The highest BCUT2D eigenvalue weighted by Crippen LogP contribution is 2.21. The van der Waals surface area contributed by atoms with Gasteiger partial charge in [0.25, 0.3) is 10.0 Å². The number of benzene rings is 1. The Hall–Kier alpha value is -1.64. The minimum Gasteiger partial charge on any atom is -0.353 e. The molecule has 0 fully saturated rings. The van der Waals surface area contributed by atoms with Crippen molar-refractivity contribution in [2.75, 3.05) is 19.6 Å². The van der Waals surface area contributed by atoms with Crippen LogP contribution in [0.25, 0.3) is 0 Å². The average Bonchev–Trinajstić information content (AvgIpc) is 2.66. The Morgan fingerprint density at radius 3 is 2.75 bits per heavy atom. The van der Waals surface area contributed by atoms with Crippen molar-refractivity contribution in [3.63, 3.8) is 0 Å². The zero-order chi connectivity index (χ0) is 13.9. The number of nitrogens with zero attached hydrogens (tertiary/aromatic N) is 1. The molecular formula is C11H15ClN4O3S. The quantitative estimate of drug-likeness (QED) is 0.676. The van der Waals surface area contributed by atoms with Gasteiger partial charge < -0.3 is 11.1 Å². The third-order valence-corrected chi connectivity index (χ3v) is 3.91. The number of hydrogen-bond acceptors (Lipinski definition) is 5. The lowest BCUT2D eigenvalue weighted by atomic mass is 10.2. The monoisotopic (exact) mass is 318 g/mol. The number of amides is 1. The summed E-state index contributed by atoms with van der Waals surface area (Å²) >= 11 is 0. The van der Waals surface area contributed by atoms with Gasteiger partial charge in [-0.15, -0.1) is 12.4 Å². The number of hydrogen-bond donors (Lipinski definition) is 3. The second kappa shape index (κ2) is 6.69. The zero-order valence-corrected chi connectivity index (χ0v) is 12.1. The summed E-state index contributed by atoms with van der Waals surface area (Å²) in [6, 6.07) is 6.48. The smallest absolute Gasteiger partial charge is 0.263 e. The van der Waals surface area contributed by atoms with Crippen LogP contribution in [0.3, 0.4) is 0 Å². The topological polar surface area (TPSA) is 114 Å². The molecule has 110 valence electrons. The number of halogens is 1. The number of fused-ring (bicyclic) bond motifs is 1. The molecule has 0 saturated heterocycles. The molecule has 9 heteroatoms. The van der Waals surface area contributed by atoms with Crippen LogP contribution >= 0.6 is 12.4 Å². The van der Waals surface area contributed by atoms with Crippen LogP contribution in [0.2, 0.25) is 0 Å². The second-order valence-electron chi connectivity index (χ2n) is 3.91. The average molecular weight is 319 g/mol. The number of aliphatic imine (C=N–C) groups is 1. The molecule has 0 bridgehead atoms. The highest BCUT2D eigenvalue weighted by Gasteiger charge is 2.30. The number of carbonyl (C=O) groups is 1. The van der Waals surface area contributed by atoms with E-state index in [0.29, 0.717) is 18.7 Å². The lowest BCUT2D eigenvalue weighted by Crippen LogP contribution is -2.31. The molecule has 0 aromatic heterocycles. The molecule has 1 aromatic carbocycles. The Bertz CT molecular complexity index is 630. The van der Waals surface area contributed by atoms with Gasteiger partial charge in [0, 0.05) is 18.7 Å². The molecule has 7 nitrogen and oxygen atoms in total. The van der Waals surface area contributed by atoms with Crippen LogP contribution in [0.4, 0.5) is 0 Å². The fourth-order valence-electron chi connectivity index (χ4n) is 1.67. The summed E-state index contributed by atoms with van der Waals surface area (Å²) in [5.74, 6) is -0.111. The number of nitrogens with one attached hydrogen (secondary N) is 2. The lowest BCUT2D eigenvalue weighted by Gasteiger charge is -2.01. The number of nitrogens with two attached hydrogens (primary N) is 1. The zero-order valence-electron chi connectivity index (χ0n) is 10.5. The van der Waals surface area contributed by atoms with Gasteiger partial charge in [0.15, 0.2) is 0 Å². The summed E-state index contributed by atoms with van der Waals surface area (Å²) in [7, 11) is -3.55. The first-order valence-corrected chi connectivity index (χ1v) is 7.16. The van der Waals surface area contributed by atoms with Crippen LogP contribution in [-0.2, 0) is 14.8 Å². The Morgan fingerprint density at radius 1 is 1.35 bits per heavy atom. The van der Waals surface area contributed by atoms with Crippen LogP contribution in [0.5, 0.6) is 0 Å². The van der Waals surface area contributed by atoms with Crippen molar-refractivity contribution in [2.24, 2.45) is 10.7 Å². The van der Waals surface area contributed by atoms with Gasteiger partial charge in [0.05, 0.1) is 4.90 Å². The van der Waals surface area contributed by atoms with E-state index in [4.69, 9.17) is 5.73 Å². The third-order valence-electron chi connectivity index (χ3n) is 2.51. The molecule has 0 aliphatic carbocycles. The van der Waals surface area contributed by atoms with E-state index >= 15 is 0 Å². The molecule has 0 saturated carbocycles. The van der Waals surface area contributed by atoms with E-state index in [9.17, 15) is 13.2 Å². The van der Waals surface area contributed by atoms with Crippen LogP contribution in [0.1, 0.15) is 5.56 Å². The minimum atomic E-state index is -3.55. The van der Waals surface area contributed by atoms with Crippen molar-refractivity contribution < 1.29 is 13.2 Å². The Morgan fingerprint density at radius 2 is 2.05 bits per heavy atom. The predicted molar refractivity (Wildman–Crippen MR) is 77.5 cm³/mol. The molecule has 1 aliphatic rings. The molecule has 1 amide bonds. The van der Waals surface area contributed by atoms with Gasteiger partial charge in [-0.25, -0.2) is 8.42 Å². The van der Waals surface area contributed by atoms with Gasteiger partial charge in [-0.1, -0.05) is 12.1 Å². The van der Waals surface area contributed by atoms with Crippen molar-refractivity contribution in [2.45, 2.75) is 4.90 Å². The van der Waals surface area contributed by atoms with Gasteiger partial charge in [-0.2, -0.15) is 0 Å². The summed E-state index contributed by atoms with van der Waals surface area (Å²) in [6.45, 7) is 0.565. The summed E-state index contributed by atoms with van der Waals surface area (Å²) < 4.78 is 25.9. The van der Waals surface area contributed by atoms with Crippen LogP contribution < -0.4 is 15.8 Å². The van der Waals surface area contributed by atoms with E-state index in [-0.39, 0.29) is 35.6 Å². The van der Waals surface area contributed by atoms with E-state index in [2.05, 4.69) is 15.0 Å². The van der Waals surface area contributed by atoms with E-state index in [0.717, 1.165) is 0 Å². The first kappa shape index (κ1) is 16.4. The minimum absolute atomic E-state index is 0. The van der Waals surface area contributed by atoms with Gasteiger partial charge >= 0.3 is 0 Å². The van der Waals surface area contributed by atoms with Crippen molar-refractivity contribution in [3.05, 3.63) is 29.8 Å². The lowest BCUT2D eigenvalue weighted by molar-refractivity contribution is -0.119. The van der Waals surface area contributed by atoms with Gasteiger partial charge in [-0.05, 0) is 12.1 Å². The van der Waals surface area contributed by atoms with Crippen LogP contribution in [0.15, 0.2) is 34.2 Å². The Kier molecular flexibility index (Phi) is 5.49. The molecule has 0 atom stereocenters. The normalized spacial score (nSPS) is 16.9. The molecule has 1 heterocycles. The number of sulfonamides is 1. The maximum absolute atomic E-state index is 11.8. The highest BCUT2D eigenvalue weighted by atomic mass is 35.5. The molecule has 0 radical (unpaired) electrons. The van der Waals surface area contributed by atoms with Gasteiger partial charge in [0.1, 0.15) is 12.4 Å². The summed E-state index contributed by atoms with van der Waals surface area (Å²) in [4.78, 5) is 15.5. The fourth-order valence-corrected chi connectivity index (χ4v) is 2.92. The van der Waals surface area contributed by atoms with E-state index in [1.807, 2.05) is 0 Å². The van der Waals surface area contributed by atoms with Crippen molar-refractivity contribution in [1.82, 2.24) is 10.0 Å². The fraction of sp³-hybridized carbons (Fsp3) is 0.273. The highest BCUT2D eigenvalue weighted by molar-refractivity contribution is 7.90. The summed E-state index contributed by atoms with van der Waals surface area (Å²) in [5, 5.41) is 2.55. The second-order valence-corrected chi connectivity index (χ2v) is 5.56. The standard InChI is InChI=1S/C11H14N4O3S.ClH/c12-5-6-13-10(16)7-14-11-8-3-1-2-4-9(8)19(17,18)15-11;/h1-4H,5-7,12H2,(H,13,16)(H,14,15);1H. The molecule has 0 unspecified atom stereocenters. The number of carbonyl (C=O) groups excluding carboxylic acids is 1. The van der Waals surface area contributed by atoms with E-state index in [1.165, 1.54) is 6.07 Å². The summed E-state index contributed by atoms with van der Waals surface area (Å²) in [5.41, 5.74) is 5.73. The van der Waals surface area contributed by atoms with Gasteiger partial charge in [0.2, 0.25) is 5.91 Å². The predicted octanol–water partition coefficient (Wildman–Crippen LogP) is -0.778. The third kappa shape index (κ3) is 3.47. The molecular weight excluding hydrogens is 304 g/mol. The van der Waals surface area contributed by atoms with Crippen molar-refractivity contribution >= 4 is 34.2 Å². The SMILES string of the molecule is Cl.NCCNC(=O)CN=C1NS(=O)(=O)c2ccccc21. The van der Waals surface area contributed by atoms with E-state index < -0.39 is 10.0 Å². The Balaban J connectivity index is 0.00000200. The van der Waals surface area contributed by atoms with E-state index in [1.54, 1.807) is 18.2 Å². The summed E-state index contributed by atoms with van der Waals surface area (Å²) in [6.07, 6.45) is 0. The van der Waals surface area contributed by atoms with Crippen LogP contribution in [0, 0.1) is 0 Å². The molecule has 20 heavy (non-hydrogen) atoms. The largest absolute Gasteiger partial charge is 0.353 e. The number of rotatable bonds is 4. The molecule has 4 N–H and O–H groups in total. The molecule has 0 spiro atoms. The van der Waals surface area contributed by atoms with Crippen molar-refractivity contribution in [3.8, 4) is 0 Å². The molecule has 2 rings (SSSR count). The first-order valence-electron chi connectivity index (χ1n) is 5.68. The Labute approximate surface area is 123 Å². The van der Waals surface area contributed by atoms with Crippen molar-refractivity contribution in [1.29, 1.82) is 0 Å².